The van der Waals surface area contributed by atoms with Crippen LogP contribution < -0.4 is 10.5 Å². The third-order valence-electron chi connectivity index (χ3n) is 2.56. The molecule has 0 saturated carbocycles. The molecule has 0 radical (unpaired) electrons. The zero-order valence-corrected chi connectivity index (χ0v) is 12.9. The fourth-order valence-electron chi connectivity index (χ4n) is 1.67. The summed E-state index contributed by atoms with van der Waals surface area (Å²) >= 11 is 0. The van der Waals surface area contributed by atoms with E-state index in [0.29, 0.717) is 0 Å². The Labute approximate surface area is 117 Å². The molecule has 5 nitrogen and oxygen atoms in total. The van der Waals surface area contributed by atoms with Crippen molar-refractivity contribution in [2.45, 2.75) is 30.8 Å². The molecular formula is C12H20N2O3S2. The fraction of sp³-hybridized carbons (Fsp3) is 0.500. The monoisotopic (exact) mass is 304 g/mol. The van der Waals surface area contributed by atoms with E-state index in [0.717, 1.165) is 5.56 Å². The Hall–Kier alpha value is -0.760. The number of nitrogens with one attached hydrogen (secondary N) is 1. The Morgan fingerprint density at radius 3 is 2.21 bits per heavy atom. The van der Waals surface area contributed by atoms with Crippen molar-refractivity contribution in [3.63, 3.8) is 0 Å². The van der Waals surface area contributed by atoms with Crippen molar-refractivity contribution in [1.29, 1.82) is 0 Å². The molecule has 108 valence electrons. The molecular weight excluding hydrogens is 284 g/mol. The number of benzene rings is 1. The van der Waals surface area contributed by atoms with E-state index >= 15 is 0 Å². The van der Waals surface area contributed by atoms with Gasteiger partial charge in [-0.25, -0.2) is 13.1 Å². The van der Waals surface area contributed by atoms with Crippen LogP contribution in [-0.2, 0) is 20.8 Å². The Balaban J connectivity index is 2.85. The molecule has 0 aliphatic rings. The minimum Gasteiger partial charge on any atom is -0.324 e. The topological polar surface area (TPSA) is 89.3 Å². The Morgan fingerprint density at radius 2 is 1.79 bits per heavy atom. The molecule has 3 atom stereocenters. The van der Waals surface area contributed by atoms with Crippen molar-refractivity contribution >= 4 is 20.8 Å². The number of hydrogen-bond donors (Lipinski definition) is 2. The average Bonchev–Trinajstić information content (AvgIpc) is 2.27. The fourth-order valence-corrected chi connectivity index (χ4v) is 3.81. The molecule has 0 aliphatic carbocycles. The van der Waals surface area contributed by atoms with Gasteiger partial charge in [-0.15, -0.1) is 0 Å². The van der Waals surface area contributed by atoms with Gasteiger partial charge in [-0.1, -0.05) is 12.1 Å². The highest BCUT2D eigenvalue weighted by Gasteiger charge is 2.18. The highest BCUT2D eigenvalue weighted by molar-refractivity contribution is 7.89. The van der Waals surface area contributed by atoms with Gasteiger partial charge in [-0.2, -0.15) is 0 Å². The lowest BCUT2D eigenvalue weighted by atomic mass is 10.1. The summed E-state index contributed by atoms with van der Waals surface area (Å²) in [6.07, 6.45) is 1.54. The van der Waals surface area contributed by atoms with Crippen molar-refractivity contribution < 1.29 is 12.6 Å². The van der Waals surface area contributed by atoms with E-state index in [1.807, 2.05) is 6.92 Å². The first-order valence-corrected chi connectivity index (χ1v) is 9.11. The van der Waals surface area contributed by atoms with Crippen LogP contribution in [0.5, 0.6) is 0 Å². The second-order valence-electron chi connectivity index (χ2n) is 4.62. The first-order valence-electron chi connectivity index (χ1n) is 5.90. The minimum atomic E-state index is -3.57. The van der Waals surface area contributed by atoms with Gasteiger partial charge in [0, 0.05) is 34.9 Å². The van der Waals surface area contributed by atoms with Gasteiger partial charge in [0.2, 0.25) is 10.0 Å². The van der Waals surface area contributed by atoms with Crippen molar-refractivity contribution in [2.75, 3.05) is 12.0 Å². The van der Waals surface area contributed by atoms with E-state index in [2.05, 4.69) is 4.72 Å². The van der Waals surface area contributed by atoms with Crippen molar-refractivity contribution in [3.05, 3.63) is 29.8 Å². The van der Waals surface area contributed by atoms with Crippen LogP contribution in [0.3, 0.4) is 0 Å². The van der Waals surface area contributed by atoms with E-state index in [-0.39, 0.29) is 22.7 Å². The summed E-state index contributed by atoms with van der Waals surface area (Å²) in [6, 6.07) is 5.94. The van der Waals surface area contributed by atoms with Crippen LogP contribution in [0.15, 0.2) is 29.2 Å². The van der Waals surface area contributed by atoms with Gasteiger partial charge >= 0.3 is 0 Å². The Morgan fingerprint density at radius 1 is 1.26 bits per heavy atom. The number of rotatable bonds is 6. The van der Waals surface area contributed by atoms with Crippen molar-refractivity contribution in [2.24, 2.45) is 5.73 Å². The zero-order chi connectivity index (χ0) is 14.6. The molecule has 3 unspecified atom stereocenters. The maximum absolute atomic E-state index is 12.1. The van der Waals surface area contributed by atoms with Crippen LogP contribution >= 0.6 is 0 Å². The molecule has 1 rings (SSSR count). The molecule has 1 aromatic carbocycles. The van der Waals surface area contributed by atoms with E-state index < -0.39 is 20.8 Å². The van der Waals surface area contributed by atoms with Crippen molar-refractivity contribution in [3.8, 4) is 0 Å². The molecule has 0 spiro atoms. The third-order valence-corrected chi connectivity index (χ3v) is 5.13. The van der Waals surface area contributed by atoms with Gasteiger partial charge in [-0.3, -0.25) is 4.21 Å². The average molecular weight is 304 g/mol. The molecule has 0 heterocycles. The molecule has 0 aromatic heterocycles. The summed E-state index contributed by atoms with van der Waals surface area (Å²) in [4.78, 5) is 0.186. The maximum Gasteiger partial charge on any atom is 0.240 e. The van der Waals surface area contributed by atoms with Gasteiger partial charge in [-0.05, 0) is 31.5 Å². The molecule has 19 heavy (non-hydrogen) atoms. The van der Waals surface area contributed by atoms with Gasteiger partial charge < -0.3 is 5.73 Å². The first kappa shape index (κ1) is 16.3. The number of nitrogens with two attached hydrogens (primary N) is 1. The van der Waals surface area contributed by atoms with E-state index in [9.17, 15) is 12.6 Å². The summed E-state index contributed by atoms with van der Waals surface area (Å²) < 4.78 is 37.7. The lowest BCUT2D eigenvalue weighted by Crippen LogP contribution is -2.36. The maximum atomic E-state index is 12.1. The van der Waals surface area contributed by atoms with Crippen LogP contribution in [0.2, 0.25) is 0 Å². The van der Waals surface area contributed by atoms with Gasteiger partial charge in [0.15, 0.2) is 0 Å². The van der Waals surface area contributed by atoms with Crippen LogP contribution in [-0.4, -0.2) is 30.7 Å². The first-order chi connectivity index (χ1) is 8.72. The summed E-state index contributed by atoms with van der Waals surface area (Å²) in [5.74, 6) is 0.289. The molecule has 3 N–H and O–H groups in total. The molecule has 0 fully saturated rings. The predicted octanol–water partition coefficient (Wildman–Crippen LogP) is 0.752. The number of sulfonamides is 1. The third kappa shape index (κ3) is 5.02. The standard InChI is InChI=1S/C12H20N2O3S2/c1-9(8-18(3)15)14-19(16,17)12-6-4-11(5-7-12)10(2)13/h4-7,9-10,14H,8,13H2,1-3H3. The van der Waals surface area contributed by atoms with Gasteiger partial charge in [0.1, 0.15) is 0 Å². The Kier molecular flexibility index (Phi) is 5.66. The van der Waals surface area contributed by atoms with E-state index in [1.54, 1.807) is 25.3 Å². The highest BCUT2D eigenvalue weighted by Crippen LogP contribution is 2.14. The minimum absolute atomic E-state index is 0.133. The lowest BCUT2D eigenvalue weighted by Gasteiger charge is -2.13. The van der Waals surface area contributed by atoms with Crippen LogP contribution in [0.1, 0.15) is 25.5 Å². The SMILES string of the molecule is CC(CS(C)=O)NS(=O)(=O)c1ccc(C(C)N)cc1. The summed E-state index contributed by atoms with van der Waals surface area (Å²) in [5.41, 5.74) is 6.59. The van der Waals surface area contributed by atoms with E-state index in [4.69, 9.17) is 5.73 Å². The largest absolute Gasteiger partial charge is 0.324 e. The summed E-state index contributed by atoms with van der Waals surface area (Å²) in [5, 5.41) is 0. The lowest BCUT2D eigenvalue weighted by molar-refractivity contribution is 0.570. The molecule has 0 amide bonds. The smallest absolute Gasteiger partial charge is 0.240 e. The Bertz CT molecular complexity index is 539. The second-order valence-corrected chi connectivity index (χ2v) is 7.81. The van der Waals surface area contributed by atoms with Crippen LogP contribution in [0.4, 0.5) is 0 Å². The molecule has 1 aromatic rings. The molecule has 7 heteroatoms. The summed E-state index contributed by atoms with van der Waals surface area (Å²) in [7, 11) is -4.61. The summed E-state index contributed by atoms with van der Waals surface area (Å²) in [6.45, 7) is 3.52. The second kappa shape index (κ2) is 6.60. The van der Waals surface area contributed by atoms with Crippen LogP contribution in [0, 0.1) is 0 Å². The molecule has 0 saturated heterocycles. The quantitative estimate of drug-likeness (QED) is 0.811. The number of hydrogen-bond acceptors (Lipinski definition) is 4. The van der Waals surface area contributed by atoms with Gasteiger partial charge in [0.05, 0.1) is 4.90 Å². The highest BCUT2D eigenvalue weighted by atomic mass is 32.2. The zero-order valence-electron chi connectivity index (χ0n) is 11.3. The molecule has 0 bridgehead atoms. The van der Waals surface area contributed by atoms with Gasteiger partial charge in [0.25, 0.3) is 0 Å². The normalized spacial score (nSPS) is 16.8. The van der Waals surface area contributed by atoms with E-state index in [1.165, 1.54) is 12.1 Å². The predicted molar refractivity (Wildman–Crippen MR) is 77.8 cm³/mol. The molecule has 0 aliphatic heterocycles. The van der Waals surface area contributed by atoms with Crippen molar-refractivity contribution in [1.82, 2.24) is 4.72 Å². The van der Waals surface area contributed by atoms with Crippen LogP contribution in [0.25, 0.3) is 0 Å².